The fourth-order valence-corrected chi connectivity index (χ4v) is 3.21. The van der Waals surface area contributed by atoms with Gasteiger partial charge < -0.3 is 20.7 Å². The molecule has 0 atom stereocenters. The van der Waals surface area contributed by atoms with Crippen LogP contribution in [0.2, 0.25) is 0 Å². The van der Waals surface area contributed by atoms with Gasteiger partial charge in [-0.2, -0.15) is 13.2 Å². The zero-order valence-electron chi connectivity index (χ0n) is 17.3. The lowest BCUT2D eigenvalue weighted by Crippen LogP contribution is -2.24. The van der Waals surface area contributed by atoms with Crippen LogP contribution in [0.4, 0.5) is 18.9 Å². The number of alkyl halides is 3. The summed E-state index contributed by atoms with van der Waals surface area (Å²) in [5.74, 6) is -1.60. The summed E-state index contributed by atoms with van der Waals surface area (Å²) in [6.45, 7) is 0.232. The van der Waals surface area contributed by atoms with Gasteiger partial charge in [-0.25, -0.2) is 14.8 Å². The van der Waals surface area contributed by atoms with Crippen LogP contribution in [0.25, 0.3) is 11.0 Å². The van der Waals surface area contributed by atoms with E-state index in [1.807, 2.05) is 0 Å². The summed E-state index contributed by atoms with van der Waals surface area (Å²) < 4.78 is 38.5. The first-order valence-electron chi connectivity index (χ1n) is 9.91. The Labute approximate surface area is 190 Å². The van der Waals surface area contributed by atoms with Crippen LogP contribution in [0.5, 0.6) is 0 Å². The van der Waals surface area contributed by atoms with Crippen molar-refractivity contribution in [3.63, 3.8) is 0 Å². The van der Waals surface area contributed by atoms with Crippen LogP contribution in [-0.4, -0.2) is 36.9 Å². The van der Waals surface area contributed by atoms with Crippen molar-refractivity contribution in [2.24, 2.45) is 0 Å². The molecule has 3 aromatic heterocycles. The lowest BCUT2D eigenvalue weighted by atomic mass is 10.1. The zero-order valence-corrected chi connectivity index (χ0v) is 17.3. The molecule has 9 nitrogen and oxygen atoms in total. The number of aromatic amines is 1. The molecule has 0 radical (unpaired) electrons. The van der Waals surface area contributed by atoms with E-state index in [-0.39, 0.29) is 23.4 Å². The number of pyridine rings is 1. The first-order valence-corrected chi connectivity index (χ1v) is 9.91. The summed E-state index contributed by atoms with van der Waals surface area (Å²) in [6, 6.07) is 8.62. The van der Waals surface area contributed by atoms with Gasteiger partial charge in [0.05, 0.1) is 16.8 Å². The Bertz CT molecular complexity index is 1350. The molecule has 0 saturated heterocycles. The topological polar surface area (TPSA) is 133 Å². The van der Waals surface area contributed by atoms with E-state index in [9.17, 15) is 22.8 Å². The van der Waals surface area contributed by atoms with E-state index in [1.54, 1.807) is 18.3 Å². The normalized spacial score (nSPS) is 11.4. The maximum atomic E-state index is 12.8. The largest absolute Gasteiger partial charge is 0.478 e. The summed E-state index contributed by atoms with van der Waals surface area (Å²) >= 11 is 0. The summed E-state index contributed by atoms with van der Waals surface area (Å²) in [7, 11) is 0. The number of carbonyl (C=O) groups is 2. The minimum Gasteiger partial charge on any atom is -0.478 e. The molecule has 0 saturated carbocycles. The Morgan fingerprint density at radius 2 is 1.76 bits per heavy atom. The predicted octanol–water partition coefficient (Wildman–Crippen LogP) is 3.61. The van der Waals surface area contributed by atoms with Crippen LogP contribution < -0.4 is 10.6 Å². The van der Waals surface area contributed by atoms with E-state index in [0.717, 1.165) is 17.8 Å². The van der Waals surface area contributed by atoms with Crippen molar-refractivity contribution >= 4 is 28.6 Å². The van der Waals surface area contributed by atoms with Crippen molar-refractivity contribution < 1.29 is 27.9 Å². The monoisotopic (exact) mass is 470 g/mol. The predicted molar refractivity (Wildman–Crippen MR) is 115 cm³/mol. The van der Waals surface area contributed by atoms with E-state index in [4.69, 9.17) is 5.11 Å². The summed E-state index contributed by atoms with van der Waals surface area (Å²) in [5, 5.41) is 14.7. The number of aromatic nitrogens is 4. The molecule has 3 heterocycles. The lowest BCUT2D eigenvalue weighted by Gasteiger charge is -2.09. The standard InChI is InChI=1S/C22H17F3N6O3/c23-22(24,25)16-7-13(5-6-26-16)9-29-20(32)19-18-17(30-11-31-19)15(10-28-18)27-8-12-1-3-14(4-2-12)21(33)34/h1-7,10-11,27-28H,8-9H2,(H,29,32)(H,33,34). The van der Waals surface area contributed by atoms with Crippen molar-refractivity contribution in [3.05, 3.63) is 83.2 Å². The number of carbonyl (C=O) groups excluding carboxylic acids is 1. The van der Waals surface area contributed by atoms with Crippen LogP contribution in [0, 0.1) is 0 Å². The number of carboxylic acids is 1. The Hall–Kier alpha value is -4.48. The van der Waals surface area contributed by atoms with Crippen molar-refractivity contribution in [1.29, 1.82) is 0 Å². The van der Waals surface area contributed by atoms with Gasteiger partial charge in [0.25, 0.3) is 5.91 Å². The number of benzene rings is 1. The summed E-state index contributed by atoms with van der Waals surface area (Å²) in [4.78, 5) is 38.1. The number of amides is 1. The Kier molecular flexibility index (Phi) is 6.13. The van der Waals surface area contributed by atoms with E-state index >= 15 is 0 Å². The third-order valence-electron chi connectivity index (χ3n) is 4.93. The highest BCUT2D eigenvalue weighted by atomic mass is 19.4. The average molecular weight is 470 g/mol. The molecule has 4 rings (SSSR count). The molecule has 1 amide bonds. The van der Waals surface area contributed by atoms with Crippen LogP contribution in [-0.2, 0) is 19.3 Å². The zero-order chi connectivity index (χ0) is 24.3. The fourth-order valence-electron chi connectivity index (χ4n) is 3.21. The minimum absolute atomic E-state index is 0.0361. The molecule has 1 aromatic carbocycles. The van der Waals surface area contributed by atoms with Crippen LogP contribution >= 0.6 is 0 Å². The third-order valence-corrected chi connectivity index (χ3v) is 4.93. The molecule has 0 spiro atoms. The Morgan fingerprint density at radius 3 is 2.47 bits per heavy atom. The second kappa shape index (κ2) is 9.17. The maximum absolute atomic E-state index is 12.8. The van der Waals surface area contributed by atoms with E-state index < -0.39 is 23.7 Å². The number of anilines is 1. The Balaban J connectivity index is 1.46. The molecule has 4 N–H and O–H groups in total. The first kappa shape index (κ1) is 22.7. The molecular weight excluding hydrogens is 453 g/mol. The van der Waals surface area contributed by atoms with Gasteiger partial charge in [-0.3, -0.25) is 9.78 Å². The molecule has 12 heteroatoms. The molecule has 4 aromatic rings. The van der Waals surface area contributed by atoms with Gasteiger partial charge in [0.2, 0.25) is 0 Å². The van der Waals surface area contributed by atoms with Crippen LogP contribution in [0.15, 0.2) is 55.1 Å². The van der Waals surface area contributed by atoms with Gasteiger partial charge >= 0.3 is 12.1 Å². The molecule has 174 valence electrons. The van der Waals surface area contributed by atoms with E-state index in [2.05, 4.69) is 30.6 Å². The van der Waals surface area contributed by atoms with Gasteiger partial charge in [0.15, 0.2) is 5.69 Å². The number of halogens is 3. The van der Waals surface area contributed by atoms with Gasteiger partial charge in [-0.1, -0.05) is 12.1 Å². The minimum atomic E-state index is -4.58. The molecule has 0 bridgehead atoms. The van der Waals surface area contributed by atoms with Crippen molar-refractivity contribution in [1.82, 2.24) is 25.3 Å². The van der Waals surface area contributed by atoms with Crippen molar-refractivity contribution in [2.75, 3.05) is 5.32 Å². The third kappa shape index (κ3) is 4.95. The van der Waals surface area contributed by atoms with Gasteiger partial charge in [0, 0.05) is 25.5 Å². The molecular formula is C22H17F3N6O3. The average Bonchev–Trinajstić information content (AvgIpc) is 3.24. The number of nitrogens with zero attached hydrogens (tertiary/aromatic N) is 3. The summed E-state index contributed by atoms with van der Waals surface area (Å²) in [6.07, 6.45) is -0.720. The highest BCUT2D eigenvalue weighted by Crippen LogP contribution is 2.28. The molecule has 34 heavy (non-hydrogen) atoms. The number of rotatable bonds is 7. The van der Waals surface area contributed by atoms with Gasteiger partial charge in [-0.05, 0) is 35.4 Å². The molecule has 0 aliphatic heterocycles. The number of fused-ring (bicyclic) bond motifs is 1. The van der Waals surface area contributed by atoms with Gasteiger partial charge in [-0.15, -0.1) is 0 Å². The number of hydrogen-bond acceptors (Lipinski definition) is 6. The van der Waals surface area contributed by atoms with E-state index in [1.165, 1.54) is 24.5 Å². The van der Waals surface area contributed by atoms with Gasteiger partial charge in [0.1, 0.15) is 17.5 Å². The fraction of sp³-hybridized carbons (Fsp3) is 0.136. The SMILES string of the molecule is O=C(O)c1ccc(CNc2c[nH]c3c(C(=O)NCc4ccnc(C(F)(F)F)c4)ncnc23)cc1. The number of nitrogens with one attached hydrogen (secondary N) is 3. The molecule has 0 fully saturated rings. The quantitative estimate of drug-likeness (QED) is 0.324. The highest BCUT2D eigenvalue weighted by molar-refractivity contribution is 6.05. The molecule has 0 aliphatic carbocycles. The number of aromatic carboxylic acids is 1. The number of hydrogen-bond donors (Lipinski definition) is 4. The maximum Gasteiger partial charge on any atom is 0.433 e. The summed E-state index contributed by atoms with van der Waals surface area (Å²) in [5.41, 5.74) is 1.65. The second-order valence-corrected chi connectivity index (χ2v) is 7.23. The van der Waals surface area contributed by atoms with Crippen molar-refractivity contribution in [2.45, 2.75) is 19.3 Å². The lowest BCUT2D eigenvalue weighted by molar-refractivity contribution is -0.141. The van der Waals surface area contributed by atoms with Crippen LogP contribution in [0.1, 0.15) is 37.7 Å². The second-order valence-electron chi connectivity index (χ2n) is 7.23. The first-order chi connectivity index (χ1) is 16.2. The van der Waals surface area contributed by atoms with E-state index in [0.29, 0.717) is 23.3 Å². The number of H-pyrrole nitrogens is 1. The van der Waals surface area contributed by atoms with Crippen LogP contribution in [0.3, 0.4) is 0 Å². The molecule has 0 aliphatic rings. The number of carboxylic acid groups (broad SMARTS) is 1. The Morgan fingerprint density at radius 1 is 1.00 bits per heavy atom. The highest BCUT2D eigenvalue weighted by Gasteiger charge is 2.32. The smallest absolute Gasteiger partial charge is 0.433 e. The van der Waals surface area contributed by atoms with Crippen molar-refractivity contribution in [3.8, 4) is 0 Å². The molecule has 0 unspecified atom stereocenters.